The number of thioether (sulfide) groups is 1. The molecule has 0 aliphatic rings. The lowest BCUT2D eigenvalue weighted by molar-refractivity contribution is 1.36. The summed E-state index contributed by atoms with van der Waals surface area (Å²) in [6, 6.07) is 22.6. The van der Waals surface area contributed by atoms with Crippen LogP contribution < -0.4 is 5.32 Å². The predicted molar refractivity (Wildman–Crippen MR) is 90.2 cm³/mol. The SMILES string of the molecule is CSc1cccc(Nc2cccc3ccccc23)c1C#N. The van der Waals surface area contributed by atoms with Crippen LogP contribution in [0, 0.1) is 11.3 Å². The molecular weight excluding hydrogens is 276 g/mol. The molecule has 0 unspecified atom stereocenters. The van der Waals surface area contributed by atoms with Gasteiger partial charge in [0.05, 0.1) is 11.3 Å². The normalized spacial score (nSPS) is 10.3. The van der Waals surface area contributed by atoms with Gasteiger partial charge in [-0.1, -0.05) is 42.5 Å². The number of hydrogen-bond donors (Lipinski definition) is 1. The first-order valence-corrected chi connectivity index (χ1v) is 7.88. The van der Waals surface area contributed by atoms with Crippen molar-refractivity contribution < 1.29 is 0 Å². The highest BCUT2D eigenvalue weighted by molar-refractivity contribution is 7.98. The lowest BCUT2D eigenvalue weighted by Gasteiger charge is -2.12. The van der Waals surface area contributed by atoms with Crippen LogP contribution in [-0.4, -0.2) is 6.26 Å². The van der Waals surface area contributed by atoms with Gasteiger partial charge in [0.15, 0.2) is 0 Å². The zero-order valence-electron chi connectivity index (χ0n) is 11.6. The third-order valence-electron chi connectivity index (χ3n) is 3.42. The third-order valence-corrected chi connectivity index (χ3v) is 4.20. The van der Waals surface area contributed by atoms with Crippen LogP contribution in [0.1, 0.15) is 5.56 Å². The lowest BCUT2D eigenvalue weighted by atomic mass is 10.1. The molecule has 0 amide bonds. The fourth-order valence-electron chi connectivity index (χ4n) is 2.40. The van der Waals surface area contributed by atoms with Crippen LogP contribution in [0.4, 0.5) is 11.4 Å². The van der Waals surface area contributed by atoms with Gasteiger partial charge in [-0.05, 0) is 29.8 Å². The van der Waals surface area contributed by atoms with Gasteiger partial charge in [0.1, 0.15) is 6.07 Å². The summed E-state index contributed by atoms with van der Waals surface area (Å²) in [6.45, 7) is 0. The van der Waals surface area contributed by atoms with Crippen LogP contribution in [0.15, 0.2) is 65.6 Å². The van der Waals surface area contributed by atoms with E-state index in [-0.39, 0.29) is 0 Å². The van der Waals surface area contributed by atoms with E-state index in [1.54, 1.807) is 11.8 Å². The van der Waals surface area contributed by atoms with Crippen molar-refractivity contribution in [3.8, 4) is 6.07 Å². The predicted octanol–water partition coefficient (Wildman–Crippen LogP) is 5.18. The Morgan fingerprint density at radius 2 is 1.62 bits per heavy atom. The van der Waals surface area contributed by atoms with E-state index in [1.165, 1.54) is 5.39 Å². The molecule has 3 heteroatoms. The minimum Gasteiger partial charge on any atom is -0.354 e. The van der Waals surface area contributed by atoms with Crippen LogP contribution in [0.2, 0.25) is 0 Å². The van der Waals surface area contributed by atoms with Crippen LogP contribution in [0.3, 0.4) is 0 Å². The highest BCUT2D eigenvalue weighted by atomic mass is 32.2. The Bertz CT molecular complexity index is 829. The van der Waals surface area contributed by atoms with E-state index in [4.69, 9.17) is 0 Å². The van der Waals surface area contributed by atoms with E-state index in [9.17, 15) is 5.26 Å². The molecule has 102 valence electrons. The van der Waals surface area contributed by atoms with Crippen LogP contribution in [0.5, 0.6) is 0 Å². The van der Waals surface area contributed by atoms with Crippen molar-refractivity contribution in [2.75, 3.05) is 11.6 Å². The molecular formula is C18H14N2S. The largest absolute Gasteiger partial charge is 0.354 e. The van der Waals surface area contributed by atoms with Crippen LogP contribution >= 0.6 is 11.8 Å². The van der Waals surface area contributed by atoms with Crippen LogP contribution in [0.25, 0.3) is 10.8 Å². The Labute approximate surface area is 128 Å². The van der Waals surface area contributed by atoms with E-state index in [2.05, 4.69) is 29.6 Å². The Morgan fingerprint density at radius 3 is 2.43 bits per heavy atom. The summed E-state index contributed by atoms with van der Waals surface area (Å²) >= 11 is 1.59. The van der Waals surface area contributed by atoms with Crippen molar-refractivity contribution in [1.29, 1.82) is 5.26 Å². The molecule has 0 spiro atoms. The highest BCUT2D eigenvalue weighted by Gasteiger charge is 2.08. The topological polar surface area (TPSA) is 35.8 Å². The molecule has 3 aromatic carbocycles. The summed E-state index contributed by atoms with van der Waals surface area (Å²) < 4.78 is 0. The average Bonchev–Trinajstić information content (AvgIpc) is 2.55. The molecule has 0 saturated carbocycles. The fourth-order valence-corrected chi connectivity index (χ4v) is 2.97. The number of nitriles is 1. The zero-order chi connectivity index (χ0) is 14.7. The van der Waals surface area contributed by atoms with Gasteiger partial charge < -0.3 is 5.32 Å². The number of nitrogens with one attached hydrogen (secondary N) is 1. The maximum Gasteiger partial charge on any atom is 0.103 e. The first kappa shape index (κ1) is 13.5. The Balaban J connectivity index is 2.10. The van der Waals surface area contributed by atoms with Crippen molar-refractivity contribution in [1.82, 2.24) is 0 Å². The van der Waals surface area contributed by atoms with Gasteiger partial charge in [-0.3, -0.25) is 0 Å². The van der Waals surface area contributed by atoms with Gasteiger partial charge in [-0.2, -0.15) is 5.26 Å². The first-order valence-electron chi connectivity index (χ1n) is 6.65. The number of benzene rings is 3. The Kier molecular flexibility index (Phi) is 3.81. The molecule has 1 N–H and O–H groups in total. The van der Waals surface area contributed by atoms with Crippen molar-refractivity contribution >= 4 is 33.9 Å². The zero-order valence-corrected chi connectivity index (χ0v) is 12.4. The molecule has 0 atom stereocenters. The second-order valence-electron chi connectivity index (χ2n) is 4.65. The second-order valence-corrected chi connectivity index (χ2v) is 5.49. The number of fused-ring (bicyclic) bond motifs is 1. The number of hydrogen-bond acceptors (Lipinski definition) is 3. The standard InChI is InChI=1S/C18H14N2S/c1-21-18-11-5-10-17(15(18)12-19)20-16-9-4-7-13-6-2-3-8-14(13)16/h2-11,20H,1H3. The van der Waals surface area contributed by atoms with Crippen molar-refractivity contribution in [2.45, 2.75) is 4.90 Å². The molecule has 0 aliphatic carbocycles. The van der Waals surface area contributed by atoms with E-state index >= 15 is 0 Å². The van der Waals surface area contributed by atoms with Gasteiger partial charge in [-0.15, -0.1) is 11.8 Å². The Hall–Kier alpha value is -2.44. The summed E-state index contributed by atoms with van der Waals surface area (Å²) in [4.78, 5) is 0.989. The molecule has 3 rings (SSSR count). The molecule has 0 aromatic heterocycles. The maximum atomic E-state index is 9.42. The van der Waals surface area contributed by atoms with E-state index in [0.717, 1.165) is 21.7 Å². The van der Waals surface area contributed by atoms with Crippen LogP contribution in [-0.2, 0) is 0 Å². The molecule has 0 aliphatic heterocycles. The number of anilines is 2. The smallest absolute Gasteiger partial charge is 0.103 e. The van der Waals surface area contributed by atoms with Gasteiger partial charge in [-0.25, -0.2) is 0 Å². The fraction of sp³-hybridized carbons (Fsp3) is 0.0556. The van der Waals surface area contributed by atoms with Gasteiger partial charge >= 0.3 is 0 Å². The second kappa shape index (κ2) is 5.90. The van der Waals surface area contributed by atoms with Gasteiger partial charge in [0.2, 0.25) is 0 Å². The summed E-state index contributed by atoms with van der Waals surface area (Å²) in [5.41, 5.74) is 2.56. The van der Waals surface area contributed by atoms with Gasteiger partial charge in [0.25, 0.3) is 0 Å². The summed E-state index contributed by atoms with van der Waals surface area (Å²) in [5.74, 6) is 0. The van der Waals surface area contributed by atoms with E-state index < -0.39 is 0 Å². The van der Waals surface area contributed by atoms with Crippen molar-refractivity contribution in [3.05, 3.63) is 66.2 Å². The molecule has 2 nitrogen and oxygen atoms in total. The van der Waals surface area contributed by atoms with Crippen molar-refractivity contribution in [3.63, 3.8) is 0 Å². The molecule has 0 fully saturated rings. The Morgan fingerprint density at radius 1 is 0.905 bits per heavy atom. The average molecular weight is 290 g/mol. The van der Waals surface area contributed by atoms with E-state index in [1.807, 2.05) is 48.7 Å². The monoisotopic (exact) mass is 290 g/mol. The lowest BCUT2D eigenvalue weighted by Crippen LogP contribution is -1.95. The molecule has 3 aromatic rings. The molecule has 0 bridgehead atoms. The number of nitrogens with zero attached hydrogens (tertiary/aromatic N) is 1. The molecule has 0 saturated heterocycles. The minimum atomic E-state index is 0.693. The highest BCUT2D eigenvalue weighted by Crippen LogP contribution is 2.31. The molecule has 0 radical (unpaired) electrons. The van der Waals surface area contributed by atoms with Gasteiger partial charge in [0, 0.05) is 16.0 Å². The number of rotatable bonds is 3. The maximum absolute atomic E-state index is 9.42. The summed E-state index contributed by atoms with van der Waals surface area (Å²) in [5, 5.41) is 15.2. The van der Waals surface area contributed by atoms with Crippen molar-refractivity contribution in [2.24, 2.45) is 0 Å². The van der Waals surface area contributed by atoms with E-state index in [0.29, 0.717) is 5.56 Å². The summed E-state index contributed by atoms with van der Waals surface area (Å²) in [7, 11) is 0. The quantitative estimate of drug-likeness (QED) is 0.675. The third kappa shape index (κ3) is 2.58. The minimum absolute atomic E-state index is 0.693. The summed E-state index contributed by atoms with van der Waals surface area (Å²) in [6.07, 6.45) is 1.98. The molecule has 0 heterocycles. The first-order chi connectivity index (χ1) is 10.3. The molecule has 21 heavy (non-hydrogen) atoms.